The Morgan fingerprint density at radius 3 is 2.50 bits per heavy atom. The van der Waals surface area contributed by atoms with Crippen molar-refractivity contribution in [3.8, 4) is 23.0 Å². The minimum absolute atomic E-state index is 0.0325. The van der Waals surface area contributed by atoms with Crippen molar-refractivity contribution in [3.05, 3.63) is 76.9 Å². The molecule has 2 aliphatic heterocycles. The molecule has 2 unspecified atom stereocenters. The van der Waals surface area contributed by atoms with Gasteiger partial charge in [0.25, 0.3) is 0 Å². The zero-order valence-electron chi connectivity index (χ0n) is 13.4. The molecule has 2 heterocycles. The van der Waals surface area contributed by atoms with Crippen molar-refractivity contribution in [2.45, 2.75) is 5.60 Å². The molecule has 2 atom stereocenters. The number of benzene rings is 3. The first-order valence-electron chi connectivity index (χ1n) is 7.98. The van der Waals surface area contributed by atoms with Gasteiger partial charge in [0, 0.05) is 23.3 Å². The van der Waals surface area contributed by atoms with Gasteiger partial charge < -0.3 is 19.7 Å². The third-order valence-electron chi connectivity index (χ3n) is 4.81. The average Bonchev–Trinajstić information content (AvgIpc) is 2.88. The Balaban J connectivity index is 1.94. The van der Waals surface area contributed by atoms with Crippen LogP contribution < -0.4 is 10.0 Å². The summed E-state index contributed by atoms with van der Waals surface area (Å²) in [6.07, 6.45) is 0. The topological polar surface area (TPSA) is 76.0 Å². The fraction of sp³-hybridized carbons (Fsp3) is 0.0500. The number of hydrogen-bond donors (Lipinski definition) is 2. The zero-order valence-corrected chi connectivity index (χ0v) is 14.5. The Labute approximate surface area is 151 Å². The second-order valence-electron chi connectivity index (χ2n) is 6.31. The summed E-state index contributed by atoms with van der Waals surface area (Å²) < 4.78 is 11.9. The Bertz CT molecular complexity index is 1110. The van der Waals surface area contributed by atoms with E-state index in [4.69, 9.17) is 9.47 Å². The van der Waals surface area contributed by atoms with E-state index < -0.39 is 11.6 Å². The molecule has 26 heavy (non-hydrogen) atoms. The van der Waals surface area contributed by atoms with Crippen LogP contribution in [0.3, 0.4) is 0 Å². The normalized spacial score (nSPS) is 19.3. The molecule has 1 spiro atoms. The van der Waals surface area contributed by atoms with Crippen molar-refractivity contribution in [1.82, 2.24) is 0 Å². The number of carbonyl (C=O) groups is 1. The molecule has 2 aliphatic rings. The highest BCUT2D eigenvalue weighted by molar-refractivity contribution is 7.27. The lowest BCUT2D eigenvalue weighted by atomic mass is 9.77. The van der Waals surface area contributed by atoms with E-state index in [0.29, 0.717) is 39.1 Å². The lowest BCUT2D eigenvalue weighted by Gasteiger charge is -2.37. The van der Waals surface area contributed by atoms with E-state index in [2.05, 4.69) is 9.24 Å². The van der Waals surface area contributed by atoms with E-state index in [-0.39, 0.29) is 11.5 Å². The lowest BCUT2D eigenvalue weighted by Crippen LogP contribution is -2.36. The van der Waals surface area contributed by atoms with Crippen LogP contribution in [0.15, 0.2) is 54.6 Å². The maximum absolute atomic E-state index is 12.6. The summed E-state index contributed by atoms with van der Waals surface area (Å²) >= 11 is 0. The minimum Gasteiger partial charge on any atom is -0.508 e. The minimum atomic E-state index is -1.20. The number of aromatic hydroxyl groups is 2. The Morgan fingerprint density at radius 1 is 0.885 bits per heavy atom. The summed E-state index contributed by atoms with van der Waals surface area (Å²) in [7, 11) is 2.57. The molecule has 0 aromatic heterocycles. The van der Waals surface area contributed by atoms with Crippen LogP contribution in [0, 0.1) is 0 Å². The molecule has 0 fully saturated rings. The van der Waals surface area contributed by atoms with Crippen molar-refractivity contribution in [2.75, 3.05) is 0 Å². The summed E-state index contributed by atoms with van der Waals surface area (Å²) in [5, 5.41) is 20.5. The molecule has 0 bridgehead atoms. The number of carbonyl (C=O) groups excluding carboxylic acids is 1. The van der Waals surface area contributed by atoms with Gasteiger partial charge in [-0.05, 0) is 29.6 Å². The Hall–Kier alpha value is -3.04. The Morgan fingerprint density at radius 2 is 1.65 bits per heavy atom. The summed E-state index contributed by atoms with van der Waals surface area (Å²) in [4.78, 5) is 12.6. The van der Waals surface area contributed by atoms with Crippen molar-refractivity contribution < 1.29 is 24.5 Å². The molecule has 3 aromatic carbocycles. The SMILES string of the molecule is O=C1OC2(c3ccc(O)cc3Oc3cc(O)cc(P)c32)c2ccccc21. The predicted octanol–water partition coefficient (Wildman–Crippen LogP) is 3.17. The number of esters is 1. The average molecular weight is 364 g/mol. The van der Waals surface area contributed by atoms with Gasteiger partial charge in [0.15, 0.2) is 5.60 Å². The summed E-state index contributed by atoms with van der Waals surface area (Å²) in [5.74, 6) is 0.385. The largest absolute Gasteiger partial charge is 0.508 e. The molecule has 128 valence electrons. The lowest BCUT2D eigenvalue weighted by molar-refractivity contribution is 0.0228. The molecule has 6 heteroatoms. The molecule has 2 N–H and O–H groups in total. The van der Waals surface area contributed by atoms with Crippen molar-refractivity contribution in [3.63, 3.8) is 0 Å². The van der Waals surface area contributed by atoms with E-state index in [1.54, 1.807) is 24.3 Å². The van der Waals surface area contributed by atoms with Gasteiger partial charge in [-0.2, -0.15) is 0 Å². The van der Waals surface area contributed by atoms with Crippen LogP contribution in [0.25, 0.3) is 0 Å². The third-order valence-corrected chi connectivity index (χ3v) is 5.26. The third kappa shape index (κ3) is 1.81. The summed E-state index contributed by atoms with van der Waals surface area (Å²) in [5.41, 5.74) is 1.25. The van der Waals surface area contributed by atoms with Gasteiger partial charge in [-0.3, -0.25) is 0 Å². The van der Waals surface area contributed by atoms with Crippen LogP contribution in [-0.2, 0) is 10.3 Å². The smallest absolute Gasteiger partial charge is 0.340 e. The van der Waals surface area contributed by atoms with Gasteiger partial charge >= 0.3 is 5.97 Å². The van der Waals surface area contributed by atoms with E-state index in [1.165, 1.54) is 18.2 Å². The number of rotatable bonds is 0. The number of phenolic OH excluding ortho intramolecular Hbond substituents is 2. The van der Waals surface area contributed by atoms with Crippen LogP contribution in [-0.4, -0.2) is 16.2 Å². The molecular formula is C20H13O5P. The Kier molecular flexibility index (Phi) is 2.92. The monoisotopic (exact) mass is 364 g/mol. The molecule has 0 amide bonds. The zero-order chi connectivity index (χ0) is 18.1. The van der Waals surface area contributed by atoms with Crippen LogP contribution >= 0.6 is 9.24 Å². The molecule has 0 saturated heterocycles. The van der Waals surface area contributed by atoms with Crippen LogP contribution in [0.2, 0.25) is 0 Å². The number of phenols is 2. The molecular weight excluding hydrogens is 351 g/mol. The van der Waals surface area contributed by atoms with Crippen molar-refractivity contribution >= 4 is 20.5 Å². The quantitative estimate of drug-likeness (QED) is 0.473. The molecule has 0 aliphatic carbocycles. The highest BCUT2D eigenvalue weighted by Crippen LogP contribution is 2.56. The van der Waals surface area contributed by atoms with E-state index in [1.807, 2.05) is 12.1 Å². The number of ether oxygens (including phenoxy) is 2. The highest BCUT2D eigenvalue weighted by Gasteiger charge is 2.54. The highest BCUT2D eigenvalue weighted by atomic mass is 31.0. The molecule has 3 aromatic rings. The maximum Gasteiger partial charge on any atom is 0.340 e. The predicted molar refractivity (Wildman–Crippen MR) is 97.4 cm³/mol. The molecule has 0 saturated carbocycles. The van der Waals surface area contributed by atoms with Gasteiger partial charge in [-0.1, -0.05) is 18.2 Å². The second-order valence-corrected chi connectivity index (χ2v) is 6.93. The molecule has 0 radical (unpaired) electrons. The van der Waals surface area contributed by atoms with Crippen LogP contribution in [0.1, 0.15) is 27.0 Å². The van der Waals surface area contributed by atoms with Gasteiger partial charge in [0.1, 0.15) is 23.0 Å². The van der Waals surface area contributed by atoms with Gasteiger partial charge in [0.05, 0.1) is 11.1 Å². The fourth-order valence-electron chi connectivity index (χ4n) is 3.82. The van der Waals surface area contributed by atoms with Crippen molar-refractivity contribution in [1.29, 1.82) is 0 Å². The number of hydrogen-bond acceptors (Lipinski definition) is 5. The first-order valence-corrected chi connectivity index (χ1v) is 8.55. The van der Waals surface area contributed by atoms with E-state index in [9.17, 15) is 15.0 Å². The first kappa shape index (κ1) is 15.2. The van der Waals surface area contributed by atoms with E-state index in [0.717, 1.165) is 0 Å². The van der Waals surface area contributed by atoms with Crippen molar-refractivity contribution in [2.24, 2.45) is 0 Å². The maximum atomic E-state index is 12.6. The second kappa shape index (κ2) is 4.99. The summed E-state index contributed by atoms with van der Waals surface area (Å²) in [6.45, 7) is 0. The molecule has 5 nitrogen and oxygen atoms in total. The van der Waals surface area contributed by atoms with Crippen LogP contribution in [0.5, 0.6) is 23.0 Å². The molecule has 5 rings (SSSR count). The van der Waals surface area contributed by atoms with Gasteiger partial charge in [0.2, 0.25) is 0 Å². The standard InChI is InChI=1S/C20H13O5P/c21-10-5-6-14-15(7-10)24-16-8-11(22)9-17(26)18(16)20(14)13-4-2-1-3-12(13)19(23)25-20/h1-9,21-22H,26H2. The summed E-state index contributed by atoms with van der Waals surface area (Å²) in [6, 6.07) is 15.0. The van der Waals surface area contributed by atoms with Gasteiger partial charge in [-0.25, -0.2) is 4.79 Å². The van der Waals surface area contributed by atoms with E-state index >= 15 is 0 Å². The van der Waals surface area contributed by atoms with Crippen LogP contribution in [0.4, 0.5) is 0 Å². The first-order chi connectivity index (χ1) is 12.5. The fourth-order valence-corrected chi connectivity index (χ4v) is 4.34. The number of fused-ring (bicyclic) bond motifs is 6. The van der Waals surface area contributed by atoms with Gasteiger partial charge in [-0.15, -0.1) is 9.24 Å².